The van der Waals surface area contributed by atoms with Crippen LogP contribution >= 0.6 is 0 Å². The van der Waals surface area contributed by atoms with Gasteiger partial charge in [-0.2, -0.15) is 0 Å². The fourth-order valence-electron chi connectivity index (χ4n) is 1.41. The van der Waals surface area contributed by atoms with Crippen molar-refractivity contribution in [1.82, 2.24) is 4.90 Å². The molecule has 0 spiro atoms. The molecule has 0 aliphatic heterocycles. The molecule has 0 N–H and O–H groups in total. The van der Waals surface area contributed by atoms with E-state index in [1.807, 2.05) is 0 Å². The largest absolute Gasteiger partial charge is 0.426 e. The summed E-state index contributed by atoms with van der Waals surface area (Å²) in [5.74, 6) is 0. The van der Waals surface area contributed by atoms with Crippen molar-refractivity contribution in [2.24, 2.45) is 0 Å². The van der Waals surface area contributed by atoms with Crippen molar-refractivity contribution in [3.63, 3.8) is 0 Å². The van der Waals surface area contributed by atoms with E-state index in [1.165, 1.54) is 6.42 Å². The number of nitrogens with zero attached hydrogens (tertiary/aromatic N) is 1. The molecule has 0 aromatic carbocycles. The Kier molecular flexibility index (Phi) is 6.91. The quantitative estimate of drug-likeness (QED) is 0.542. The molecule has 0 bridgehead atoms. The van der Waals surface area contributed by atoms with Crippen molar-refractivity contribution in [2.45, 2.75) is 33.2 Å². The predicted molar refractivity (Wildman–Crippen MR) is 52.9 cm³/mol. The van der Waals surface area contributed by atoms with E-state index in [1.54, 1.807) is 0 Å². The van der Waals surface area contributed by atoms with Gasteiger partial charge in [-0.25, -0.2) is 0 Å². The zero-order valence-corrected chi connectivity index (χ0v) is 10.3. The molecule has 0 fully saturated rings. The van der Waals surface area contributed by atoms with Gasteiger partial charge in [-0.15, -0.1) is 0 Å². The van der Waals surface area contributed by atoms with Gasteiger partial charge in [-0.1, -0.05) is 20.8 Å². The average molecular weight is 175 g/mol. The number of hydrogen-bond acceptors (Lipinski definition) is 2. The second kappa shape index (κ2) is 6.82. The molecule has 2 nitrogen and oxygen atoms in total. The highest BCUT2D eigenvalue weighted by Gasteiger charge is 2.11. The molecule has 0 aliphatic rings. The summed E-state index contributed by atoms with van der Waals surface area (Å²) in [6.45, 7) is 9.84. The first-order chi connectivity index (χ1) is 5.29. The maximum absolute atomic E-state index is 5.28. The highest BCUT2D eigenvalue weighted by molar-refractivity contribution is 5.97. The molecule has 0 rings (SSSR count). The van der Waals surface area contributed by atoms with Crippen molar-refractivity contribution in [2.75, 3.05) is 19.7 Å². The fourth-order valence-corrected chi connectivity index (χ4v) is 1.80. The predicted octanol–water partition coefficient (Wildman–Crippen LogP) is 0.404. The maximum Gasteiger partial charge on any atom is 0.146 e. The average Bonchev–Trinajstić information content (AvgIpc) is 2.05. The molecule has 1 unspecified atom stereocenters. The van der Waals surface area contributed by atoms with Gasteiger partial charge in [0.1, 0.15) is 10.5 Å². The lowest BCUT2D eigenvalue weighted by Crippen LogP contribution is -2.37. The van der Waals surface area contributed by atoms with Crippen molar-refractivity contribution in [3.05, 3.63) is 0 Å². The van der Waals surface area contributed by atoms with E-state index in [-0.39, 0.29) is 0 Å². The van der Waals surface area contributed by atoms with Gasteiger partial charge in [0.25, 0.3) is 0 Å². The summed E-state index contributed by atoms with van der Waals surface area (Å²) in [6.07, 6.45) is 1.20. The van der Waals surface area contributed by atoms with Gasteiger partial charge >= 0.3 is 0 Å². The Hall–Kier alpha value is 0.137. The minimum absolute atomic E-state index is 0.641. The van der Waals surface area contributed by atoms with Crippen molar-refractivity contribution in [1.29, 1.82) is 0 Å². The first-order valence-corrected chi connectivity index (χ1v) is 5.34. The first kappa shape index (κ1) is 11.1. The van der Waals surface area contributed by atoms with Gasteiger partial charge in [0.05, 0.1) is 0 Å². The van der Waals surface area contributed by atoms with Crippen LogP contribution in [0, 0.1) is 0 Å². The minimum atomic E-state index is 0.641. The molecule has 1 atom stereocenters. The Labute approximate surface area is 73.5 Å². The lowest BCUT2D eigenvalue weighted by Gasteiger charge is -2.28. The summed E-state index contributed by atoms with van der Waals surface area (Å²) in [5, 5.41) is 0. The van der Waals surface area contributed by atoms with Crippen LogP contribution in [0.3, 0.4) is 0 Å². The summed E-state index contributed by atoms with van der Waals surface area (Å²) in [4.78, 5) is 2.46. The first-order valence-electron chi connectivity index (χ1n) is 4.53. The highest BCUT2D eigenvalue weighted by Crippen LogP contribution is 2.03. The molecule has 68 valence electrons. The molecule has 0 aromatic heterocycles. The summed E-state index contributed by atoms with van der Waals surface area (Å²) >= 11 is 0. The summed E-state index contributed by atoms with van der Waals surface area (Å²) < 4.78 is 5.28. The molecular formula is C8H21NOSi. The zero-order valence-electron chi connectivity index (χ0n) is 8.26. The lowest BCUT2D eigenvalue weighted by molar-refractivity contribution is 0.148. The SMILES string of the molecule is CCC(CO[SiH3])N(CC)CC. The van der Waals surface area contributed by atoms with Crippen LogP contribution in [0.2, 0.25) is 0 Å². The third-order valence-electron chi connectivity index (χ3n) is 2.16. The van der Waals surface area contributed by atoms with E-state index in [4.69, 9.17) is 4.43 Å². The van der Waals surface area contributed by atoms with Crippen molar-refractivity contribution in [3.8, 4) is 0 Å². The Morgan fingerprint density at radius 3 is 2.09 bits per heavy atom. The van der Waals surface area contributed by atoms with E-state index in [9.17, 15) is 0 Å². The monoisotopic (exact) mass is 175 g/mol. The normalized spacial score (nSPS) is 14.2. The van der Waals surface area contributed by atoms with Crippen molar-refractivity contribution < 1.29 is 4.43 Å². The van der Waals surface area contributed by atoms with Crippen LogP contribution in [0.4, 0.5) is 0 Å². The van der Waals surface area contributed by atoms with Gasteiger partial charge in [0, 0.05) is 12.6 Å². The molecule has 0 amide bonds. The molecular weight excluding hydrogens is 154 g/mol. The number of likely N-dealkylation sites (N-methyl/N-ethyl adjacent to an activating group) is 1. The van der Waals surface area contributed by atoms with E-state index >= 15 is 0 Å². The molecule has 0 saturated carbocycles. The van der Waals surface area contributed by atoms with Crippen LogP contribution in [0.15, 0.2) is 0 Å². The molecule has 0 aromatic rings. The number of hydrogen-bond donors (Lipinski definition) is 0. The van der Waals surface area contributed by atoms with Gasteiger partial charge in [-0.3, -0.25) is 4.90 Å². The Morgan fingerprint density at radius 2 is 1.82 bits per heavy atom. The lowest BCUT2D eigenvalue weighted by atomic mass is 10.2. The second-order valence-corrected chi connectivity index (χ2v) is 3.32. The standard InChI is InChI=1S/C8H21NOSi/c1-4-8(7-10-11)9(5-2)6-3/h8H,4-7H2,1-3,11H3. The molecule has 0 saturated heterocycles. The van der Waals surface area contributed by atoms with Crippen molar-refractivity contribution >= 4 is 10.5 Å². The molecule has 0 heterocycles. The third kappa shape index (κ3) is 3.89. The fraction of sp³-hybridized carbons (Fsp3) is 1.00. The summed E-state index contributed by atoms with van der Waals surface area (Å²) in [6, 6.07) is 0.641. The van der Waals surface area contributed by atoms with E-state index < -0.39 is 0 Å². The van der Waals surface area contributed by atoms with Gasteiger partial charge < -0.3 is 4.43 Å². The van der Waals surface area contributed by atoms with Crippen LogP contribution in [0.1, 0.15) is 27.2 Å². The van der Waals surface area contributed by atoms with Crippen LogP contribution < -0.4 is 0 Å². The van der Waals surface area contributed by atoms with E-state index in [2.05, 4.69) is 25.7 Å². The summed E-state index contributed by atoms with van der Waals surface area (Å²) in [7, 11) is 0.866. The van der Waals surface area contributed by atoms with Gasteiger partial charge in [0.2, 0.25) is 0 Å². The van der Waals surface area contributed by atoms with Crippen LogP contribution in [-0.4, -0.2) is 41.1 Å². The van der Waals surface area contributed by atoms with Crippen LogP contribution in [-0.2, 0) is 4.43 Å². The van der Waals surface area contributed by atoms with Crippen LogP contribution in [0.25, 0.3) is 0 Å². The molecule has 3 heteroatoms. The molecule has 0 radical (unpaired) electrons. The number of rotatable bonds is 6. The third-order valence-corrected chi connectivity index (χ3v) is 2.49. The van der Waals surface area contributed by atoms with Crippen LogP contribution in [0.5, 0.6) is 0 Å². The topological polar surface area (TPSA) is 12.5 Å². The minimum Gasteiger partial charge on any atom is -0.426 e. The molecule has 11 heavy (non-hydrogen) atoms. The molecule has 0 aliphatic carbocycles. The van der Waals surface area contributed by atoms with Gasteiger partial charge in [0.15, 0.2) is 0 Å². The second-order valence-electron chi connectivity index (χ2n) is 2.74. The zero-order chi connectivity index (χ0) is 8.69. The Balaban J connectivity index is 3.76. The Bertz CT molecular complexity index is 86.2. The van der Waals surface area contributed by atoms with Gasteiger partial charge in [-0.05, 0) is 19.5 Å². The smallest absolute Gasteiger partial charge is 0.146 e. The van der Waals surface area contributed by atoms with E-state index in [0.717, 1.165) is 30.2 Å². The maximum atomic E-state index is 5.28. The summed E-state index contributed by atoms with van der Waals surface area (Å²) in [5.41, 5.74) is 0. The Morgan fingerprint density at radius 1 is 1.27 bits per heavy atom. The van der Waals surface area contributed by atoms with E-state index in [0.29, 0.717) is 6.04 Å². The highest BCUT2D eigenvalue weighted by atomic mass is 28.2.